The Morgan fingerprint density at radius 2 is 0.690 bits per heavy atom. The van der Waals surface area contributed by atoms with Crippen LogP contribution in [0.15, 0.2) is 0 Å². The maximum Gasteiger partial charge on any atom is 0.310 e. The van der Waals surface area contributed by atoms with Crippen LogP contribution in [0.2, 0.25) is 0 Å². The van der Waals surface area contributed by atoms with E-state index in [0.717, 1.165) is 0 Å². The molecule has 0 bridgehead atoms. The van der Waals surface area contributed by atoms with Crippen molar-refractivity contribution in [3.63, 3.8) is 0 Å². The molecular formula is C27H44O15. The van der Waals surface area contributed by atoms with Crippen LogP contribution < -0.4 is 0 Å². The van der Waals surface area contributed by atoms with Gasteiger partial charge >= 0.3 is 35.8 Å². The van der Waals surface area contributed by atoms with Gasteiger partial charge in [0.25, 0.3) is 0 Å². The standard InChI is InChI=1S/C27H44O15/c1-15(28)7-24(33)39-18(4)10-22(31)37-13-21(42-27(36)12-20(6)41-26(35)9-17(3)30)14-38-23(32)11-19(5)40-25(34)8-16(2)29/h15-21,28-30H,7-14H2,1-6H3/t15-,16-,17-,18-,19-,20-/m1/s1. The largest absolute Gasteiger partial charge is 0.462 e. The third-order valence-corrected chi connectivity index (χ3v) is 4.91. The van der Waals surface area contributed by atoms with Crippen molar-refractivity contribution in [2.24, 2.45) is 0 Å². The molecule has 3 N–H and O–H groups in total. The summed E-state index contributed by atoms with van der Waals surface area (Å²) in [5.74, 6) is -4.66. The van der Waals surface area contributed by atoms with Gasteiger partial charge in [-0.05, 0) is 41.5 Å². The summed E-state index contributed by atoms with van der Waals surface area (Å²) in [4.78, 5) is 71.9. The minimum Gasteiger partial charge on any atom is -0.462 e. The van der Waals surface area contributed by atoms with E-state index in [0.29, 0.717) is 0 Å². The first kappa shape index (κ1) is 38.7. The summed E-state index contributed by atoms with van der Waals surface area (Å²) >= 11 is 0. The van der Waals surface area contributed by atoms with Crippen molar-refractivity contribution in [1.82, 2.24) is 0 Å². The highest BCUT2D eigenvalue weighted by Crippen LogP contribution is 2.09. The molecule has 0 unspecified atom stereocenters. The fraction of sp³-hybridized carbons (Fsp3) is 0.778. The minimum atomic E-state index is -1.27. The molecule has 6 atom stereocenters. The smallest absolute Gasteiger partial charge is 0.310 e. The van der Waals surface area contributed by atoms with E-state index in [9.17, 15) is 44.1 Å². The van der Waals surface area contributed by atoms with Crippen LogP contribution in [-0.2, 0) is 57.2 Å². The zero-order valence-corrected chi connectivity index (χ0v) is 24.9. The first-order chi connectivity index (χ1) is 19.5. The summed E-state index contributed by atoms with van der Waals surface area (Å²) in [6, 6.07) is 0. The van der Waals surface area contributed by atoms with Crippen molar-refractivity contribution in [3.8, 4) is 0 Å². The van der Waals surface area contributed by atoms with E-state index in [-0.39, 0.29) is 32.1 Å². The molecule has 0 aromatic carbocycles. The number of carbonyl (C=O) groups excluding carboxylic acids is 6. The Kier molecular flexibility index (Phi) is 18.9. The Hall–Kier alpha value is -3.30. The molecule has 42 heavy (non-hydrogen) atoms. The first-order valence-corrected chi connectivity index (χ1v) is 13.6. The van der Waals surface area contributed by atoms with Gasteiger partial charge < -0.3 is 43.7 Å². The highest BCUT2D eigenvalue weighted by Gasteiger charge is 2.24. The van der Waals surface area contributed by atoms with Crippen molar-refractivity contribution >= 4 is 35.8 Å². The average molecular weight is 609 g/mol. The number of hydrogen-bond donors (Lipinski definition) is 3. The summed E-state index contributed by atoms with van der Waals surface area (Å²) in [7, 11) is 0. The average Bonchev–Trinajstić information content (AvgIpc) is 2.78. The van der Waals surface area contributed by atoms with Crippen LogP contribution in [0.5, 0.6) is 0 Å². The molecule has 0 aliphatic heterocycles. The predicted octanol–water partition coefficient (Wildman–Crippen LogP) is 0.263. The second-order valence-corrected chi connectivity index (χ2v) is 10.2. The van der Waals surface area contributed by atoms with E-state index in [1.807, 2.05) is 0 Å². The third kappa shape index (κ3) is 21.4. The molecule has 0 aliphatic carbocycles. The monoisotopic (exact) mass is 608 g/mol. The summed E-state index contributed by atoms with van der Waals surface area (Å²) < 4.78 is 30.5. The molecule has 0 aromatic rings. The van der Waals surface area contributed by atoms with Crippen molar-refractivity contribution < 1.29 is 72.5 Å². The van der Waals surface area contributed by atoms with E-state index >= 15 is 0 Å². The maximum atomic E-state index is 12.4. The van der Waals surface area contributed by atoms with E-state index < -0.39 is 98.2 Å². The first-order valence-electron chi connectivity index (χ1n) is 13.6. The van der Waals surface area contributed by atoms with Crippen LogP contribution in [0.4, 0.5) is 0 Å². The van der Waals surface area contributed by atoms with Gasteiger partial charge in [-0.25, -0.2) is 0 Å². The Balaban J connectivity index is 5.06. The van der Waals surface area contributed by atoms with Gasteiger partial charge in [-0.15, -0.1) is 0 Å². The van der Waals surface area contributed by atoms with Crippen LogP contribution >= 0.6 is 0 Å². The topological polar surface area (TPSA) is 218 Å². The van der Waals surface area contributed by atoms with Crippen LogP contribution in [0.25, 0.3) is 0 Å². The van der Waals surface area contributed by atoms with Crippen LogP contribution in [-0.4, -0.2) is 107 Å². The number of aliphatic hydroxyl groups excluding tert-OH is 3. The lowest BCUT2D eigenvalue weighted by molar-refractivity contribution is -0.172. The second kappa shape index (κ2) is 20.6. The van der Waals surface area contributed by atoms with Gasteiger partial charge in [0.2, 0.25) is 0 Å². The van der Waals surface area contributed by atoms with Gasteiger partial charge in [0, 0.05) is 0 Å². The van der Waals surface area contributed by atoms with E-state index in [1.54, 1.807) is 0 Å². The van der Waals surface area contributed by atoms with E-state index in [1.165, 1.54) is 41.5 Å². The van der Waals surface area contributed by atoms with Gasteiger partial charge in [0.1, 0.15) is 31.5 Å². The van der Waals surface area contributed by atoms with E-state index in [4.69, 9.17) is 28.4 Å². The predicted molar refractivity (Wildman–Crippen MR) is 141 cm³/mol. The molecule has 0 saturated heterocycles. The molecule has 15 nitrogen and oxygen atoms in total. The Morgan fingerprint density at radius 1 is 0.429 bits per heavy atom. The van der Waals surface area contributed by atoms with Gasteiger partial charge in [-0.3, -0.25) is 28.8 Å². The van der Waals surface area contributed by atoms with Gasteiger partial charge in [-0.1, -0.05) is 0 Å². The molecule has 242 valence electrons. The Bertz CT molecular complexity index is 835. The van der Waals surface area contributed by atoms with Crippen molar-refractivity contribution in [3.05, 3.63) is 0 Å². The molecule has 0 rings (SSSR count). The van der Waals surface area contributed by atoms with E-state index in [2.05, 4.69) is 0 Å². The lowest BCUT2D eigenvalue weighted by Gasteiger charge is -2.20. The third-order valence-electron chi connectivity index (χ3n) is 4.91. The minimum absolute atomic E-state index is 0.256. The molecular weight excluding hydrogens is 564 g/mol. The number of rotatable bonds is 20. The summed E-state index contributed by atoms with van der Waals surface area (Å²) in [6.45, 7) is 7.43. The maximum absolute atomic E-state index is 12.4. The molecule has 0 heterocycles. The van der Waals surface area contributed by atoms with Crippen molar-refractivity contribution in [2.75, 3.05) is 13.2 Å². The summed E-state index contributed by atoms with van der Waals surface area (Å²) in [5.41, 5.74) is 0. The lowest BCUT2D eigenvalue weighted by Crippen LogP contribution is -2.33. The Labute approximate surface area is 244 Å². The highest BCUT2D eigenvalue weighted by atomic mass is 16.6. The van der Waals surface area contributed by atoms with Gasteiger partial charge in [0.05, 0.1) is 56.8 Å². The molecule has 0 spiro atoms. The number of aliphatic hydroxyl groups is 3. The second-order valence-electron chi connectivity index (χ2n) is 10.2. The number of esters is 6. The normalized spacial score (nSPS) is 15.3. The Morgan fingerprint density at radius 3 is 0.976 bits per heavy atom. The van der Waals surface area contributed by atoms with Gasteiger partial charge in [0.15, 0.2) is 6.10 Å². The number of hydrogen-bond acceptors (Lipinski definition) is 15. The zero-order valence-electron chi connectivity index (χ0n) is 24.9. The number of carbonyl (C=O) groups is 6. The fourth-order valence-electron chi connectivity index (χ4n) is 3.21. The molecule has 0 saturated carbocycles. The van der Waals surface area contributed by atoms with Crippen molar-refractivity contribution in [1.29, 1.82) is 0 Å². The molecule has 15 heteroatoms. The SMILES string of the molecule is C[C@H](CC(=O)OCC(COC(=O)C[C@@H](C)OC(=O)C[C@@H](C)O)OC(=O)C[C@@H](C)OC(=O)C[C@@H](C)O)OC(=O)C[C@@H](C)O. The zero-order chi connectivity index (χ0) is 32.4. The molecule has 0 aromatic heterocycles. The molecule has 0 radical (unpaired) electrons. The molecule has 0 fully saturated rings. The van der Waals surface area contributed by atoms with Gasteiger partial charge in [-0.2, -0.15) is 0 Å². The quantitative estimate of drug-likeness (QED) is 0.125. The van der Waals surface area contributed by atoms with Crippen molar-refractivity contribution in [2.45, 2.75) is 123 Å². The highest BCUT2D eigenvalue weighted by molar-refractivity contribution is 5.74. The van der Waals surface area contributed by atoms with Crippen LogP contribution in [0.3, 0.4) is 0 Å². The summed E-state index contributed by atoms with van der Waals surface area (Å²) in [6.07, 6.45) is -8.58. The fourth-order valence-corrected chi connectivity index (χ4v) is 3.21. The van der Waals surface area contributed by atoms with Crippen LogP contribution in [0, 0.1) is 0 Å². The van der Waals surface area contributed by atoms with Crippen LogP contribution in [0.1, 0.15) is 80.1 Å². The summed E-state index contributed by atoms with van der Waals surface area (Å²) in [5, 5.41) is 27.7. The molecule has 0 amide bonds. The number of ether oxygens (including phenoxy) is 6. The lowest BCUT2D eigenvalue weighted by atomic mass is 10.2. The molecule has 0 aliphatic rings.